The third kappa shape index (κ3) is 4.59. The van der Waals surface area contributed by atoms with E-state index in [9.17, 15) is 10.1 Å². The molecule has 38 heavy (non-hydrogen) atoms. The first-order chi connectivity index (χ1) is 18.1. The predicted octanol–water partition coefficient (Wildman–Crippen LogP) is 4.08. The number of hydrogen-bond acceptors (Lipinski definition) is 6. The van der Waals surface area contributed by atoms with Gasteiger partial charge in [0.15, 0.2) is 5.65 Å². The van der Waals surface area contributed by atoms with Crippen molar-refractivity contribution in [3.63, 3.8) is 0 Å². The largest absolute Gasteiger partial charge is 0.369 e. The highest BCUT2D eigenvalue weighted by atomic mass is 16.1. The second kappa shape index (κ2) is 10.8. The number of nitriles is 1. The van der Waals surface area contributed by atoms with Crippen LogP contribution in [-0.2, 0) is 24.2 Å². The van der Waals surface area contributed by atoms with Crippen molar-refractivity contribution in [1.82, 2.24) is 19.3 Å². The lowest BCUT2D eigenvalue weighted by Gasteiger charge is -2.38. The number of piperidine rings is 1. The molecule has 1 saturated heterocycles. The molecule has 0 aliphatic carbocycles. The standard InChI is InChI=1S/C29H31N7O.CH4/c30-17-23-22-11-14-34(13-4-6-20-5-3-12-32-18-20)19-24(22)29(35-15-9-21(10-16-35)27(31)37)36-26-8-2-1-7-25(26)33-28(23)36;/h1-3,5,7-8,12,18,21H,4,6,9-11,13-16,19H2,(H2,31,37);1H4. The summed E-state index contributed by atoms with van der Waals surface area (Å²) in [6, 6.07) is 14.7. The second-order valence-corrected chi connectivity index (χ2v) is 10.2. The number of rotatable bonds is 6. The average Bonchev–Trinajstić information content (AvgIpc) is 3.31. The number of primary amides is 1. The third-order valence-electron chi connectivity index (χ3n) is 7.96. The minimum Gasteiger partial charge on any atom is -0.369 e. The number of fused-ring (bicyclic) bond motifs is 4. The van der Waals surface area contributed by atoms with Gasteiger partial charge in [0.05, 0.1) is 16.6 Å². The van der Waals surface area contributed by atoms with Crippen LogP contribution in [0.2, 0.25) is 0 Å². The maximum atomic E-state index is 11.8. The van der Waals surface area contributed by atoms with Crippen LogP contribution >= 0.6 is 0 Å². The van der Waals surface area contributed by atoms with Gasteiger partial charge in [-0.15, -0.1) is 0 Å². The van der Waals surface area contributed by atoms with Crippen LogP contribution in [0.4, 0.5) is 5.82 Å². The number of benzene rings is 1. The number of aromatic nitrogens is 3. The van der Waals surface area contributed by atoms with E-state index in [4.69, 9.17) is 10.7 Å². The Morgan fingerprint density at radius 2 is 1.92 bits per heavy atom. The molecule has 3 aromatic heterocycles. The first-order valence-electron chi connectivity index (χ1n) is 13.1. The van der Waals surface area contributed by atoms with Gasteiger partial charge in [-0.2, -0.15) is 5.26 Å². The Kier molecular flexibility index (Phi) is 7.30. The van der Waals surface area contributed by atoms with Crippen LogP contribution in [0.15, 0.2) is 48.8 Å². The summed E-state index contributed by atoms with van der Waals surface area (Å²) < 4.78 is 2.19. The van der Waals surface area contributed by atoms with Crippen LogP contribution in [0.25, 0.3) is 16.7 Å². The number of pyridine rings is 2. The van der Waals surface area contributed by atoms with Crippen molar-refractivity contribution >= 4 is 28.4 Å². The maximum absolute atomic E-state index is 11.8. The lowest BCUT2D eigenvalue weighted by Crippen LogP contribution is -2.41. The fraction of sp³-hybridized carbons (Fsp3) is 0.400. The van der Waals surface area contributed by atoms with Gasteiger partial charge in [-0.3, -0.25) is 19.1 Å². The summed E-state index contributed by atoms with van der Waals surface area (Å²) in [6.45, 7) is 4.23. The Hall–Kier alpha value is -3.96. The van der Waals surface area contributed by atoms with Crippen LogP contribution in [0.3, 0.4) is 0 Å². The van der Waals surface area contributed by atoms with E-state index in [2.05, 4.69) is 37.4 Å². The zero-order valence-corrected chi connectivity index (χ0v) is 20.9. The number of amides is 1. The van der Waals surface area contributed by atoms with E-state index in [0.717, 1.165) is 92.9 Å². The highest BCUT2D eigenvalue weighted by molar-refractivity contribution is 5.86. The summed E-state index contributed by atoms with van der Waals surface area (Å²) in [4.78, 5) is 25.9. The van der Waals surface area contributed by atoms with Crippen molar-refractivity contribution in [2.24, 2.45) is 11.7 Å². The number of carbonyl (C=O) groups is 1. The van der Waals surface area contributed by atoms with Gasteiger partial charge in [-0.05, 0) is 68.0 Å². The fourth-order valence-electron chi connectivity index (χ4n) is 6.05. The number of imidazole rings is 1. The van der Waals surface area contributed by atoms with Crippen LogP contribution in [0.1, 0.15) is 48.9 Å². The number of anilines is 1. The predicted molar refractivity (Wildman–Crippen MR) is 150 cm³/mol. The van der Waals surface area contributed by atoms with Gasteiger partial charge >= 0.3 is 0 Å². The molecule has 5 heterocycles. The van der Waals surface area contributed by atoms with Crippen molar-refractivity contribution in [3.05, 3.63) is 71.0 Å². The molecule has 0 radical (unpaired) electrons. The molecule has 0 spiro atoms. The molecule has 1 aromatic carbocycles. The molecule has 196 valence electrons. The van der Waals surface area contributed by atoms with Gasteiger partial charge in [0.1, 0.15) is 11.9 Å². The Balaban J connectivity index is 0.00000294. The molecule has 2 aliphatic rings. The zero-order chi connectivity index (χ0) is 25.4. The zero-order valence-electron chi connectivity index (χ0n) is 20.9. The number of nitrogens with zero attached hydrogens (tertiary/aromatic N) is 6. The average molecular weight is 510 g/mol. The molecule has 6 rings (SSSR count). The highest BCUT2D eigenvalue weighted by Crippen LogP contribution is 2.38. The van der Waals surface area contributed by atoms with Crippen LogP contribution in [-0.4, -0.2) is 51.4 Å². The quantitative estimate of drug-likeness (QED) is 0.420. The number of aryl methyl sites for hydroxylation is 1. The summed E-state index contributed by atoms with van der Waals surface area (Å²) >= 11 is 0. The van der Waals surface area contributed by atoms with E-state index < -0.39 is 0 Å². The summed E-state index contributed by atoms with van der Waals surface area (Å²) in [5.41, 5.74) is 12.6. The molecule has 8 heteroatoms. The number of para-hydroxylation sites is 2. The molecule has 0 saturated carbocycles. The highest BCUT2D eigenvalue weighted by Gasteiger charge is 2.32. The Bertz CT molecular complexity index is 1500. The minimum atomic E-state index is -0.209. The lowest BCUT2D eigenvalue weighted by molar-refractivity contribution is -0.122. The third-order valence-corrected chi connectivity index (χ3v) is 7.96. The molecule has 1 amide bonds. The van der Waals surface area contributed by atoms with E-state index in [1.54, 1.807) is 0 Å². The van der Waals surface area contributed by atoms with E-state index in [1.807, 2.05) is 36.7 Å². The number of hydrogen-bond donors (Lipinski definition) is 1. The summed E-state index contributed by atoms with van der Waals surface area (Å²) in [6.07, 6.45) is 8.13. The van der Waals surface area contributed by atoms with E-state index in [-0.39, 0.29) is 19.3 Å². The molecule has 8 nitrogen and oxygen atoms in total. The Morgan fingerprint density at radius 1 is 1.11 bits per heavy atom. The first kappa shape index (κ1) is 25.7. The second-order valence-electron chi connectivity index (χ2n) is 10.2. The lowest BCUT2D eigenvalue weighted by atomic mass is 9.92. The van der Waals surface area contributed by atoms with Gasteiger partial charge in [0.2, 0.25) is 5.91 Å². The number of nitrogens with two attached hydrogens (primary N) is 1. The van der Waals surface area contributed by atoms with Crippen LogP contribution in [0.5, 0.6) is 0 Å². The molecule has 2 N–H and O–H groups in total. The monoisotopic (exact) mass is 509 g/mol. The fourth-order valence-corrected chi connectivity index (χ4v) is 6.05. The molecule has 0 bridgehead atoms. The van der Waals surface area contributed by atoms with E-state index >= 15 is 0 Å². The Labute approximate surface area is 223 Å². The van der Waals surface area contributed by atoms with E-state index in [1.165, 1.54) is 11.1 Å². The van der Waals surface area contributed by atoms with Gasteiger partial charge in [0, 0.05) is 50.1 Å². The van der Waals surface area contributed by atoms with Crippen molar-refractivity contribution in [1.29, 1.82) is 5.26 Å². The summed E-state index contributed by atoms with van der Waals surface area (Å²) in [5, 5.41) is 10.3. The van der Waals surface area contributed by atoms with Crippen LogP contribution < -0.4 is 10.6 Å². The SMILES string of the molecule is C.N#Cc1c2c(c(N3CCC(C(N)=O)CC3)n3c1nc1ccccc13)CN(CCCc1cccnc1)CC2. The topological polar surface area (TPSA) is 104 Å². The molecule has 2 aliphatic heterocycles. The molecule has 1 fully saturated rings. The van der Waals surface area contributed by atoms with Crippen molar-refractivity contribution < 1.29 is 4.79 Å². The maximum Gasteiger partial charge on any atom is 0.220 e. The normalized spacial score (nSPS) is 16.2. The molecular formula is C30H35N7O. The molecular weight excluding hydrogens is 474 g/mol. The molecule has 4 aromatic rings. The molecule has 0 atom stereocenters. The Morgan fingerprint density at radius 3 is 2.66 bits per heavy atom. The van der Waals surface area contributed by atoms with Crippen molar-refractivity contribution in [2.75, 3.05) is 31.1 Å². The van der Waals surface area contributed by atoms with Gasteiger partial charge < -0.3 is 10.6 Å². The smallest absolute Gasteiger partial charge is 0.220 e. The number of carbonyl (C=O) groups excluding carboxylic acids is 1. The van der Waals surface area contributed by atoms with Gasteiger partial charge in [-0.1, -0.05) is 25.6 Å². The van der Waals surface area contributed by atoms with Crippen LogP contribution in [0, 0.1) is 17.2 Å². The van der Waals surface area contributed by atoms with E-state index in [0.29, 0.717) is 5.56 Å². The van der Waals surface area contributed by atoms with Gasteiger partial charge in [-0.25, -0.2) is 4.98 Å². The van der Waals surface area contributed by atoms with Crippen molar-refractivity contribution in [3.8, 4) is 6.07 Å². The molecule has 0 unspecified atom stereocenters. The van der Waals surface area contributed by atoms with Crippen molar-refractivity contribution in [2.45, 2.75) is 46.1 Å². The first-order valence-corrected chi connectivity index (χ1v) is 13.1. The van der Waals surface area contributed by atoms with Gasteiger partial charge in [0.25, 0.3) is 0 Å². The summed E-state index contributed by atoms with van der Waals surface area (Å²) in [7, 11) is 0. The summed E-state index contributed by atoms with van der Waals surface area (Å²) in [5.74, 6) is 0.835. The minimum absolute atomic E-state index is 0.